The third-order valence-electron chi connectivity index (χ3n) is 4.15. The zero-order chi connectivity index (χ0) is 22.5. The summed E-state index contributed by atoms with van der Waals surface area (Å²) >= 11 is 0. The number of anilines is 2. The molecule has 2 aromatic carbocycles. The second kappa shape index (κ2) is 9.21. The Kier molecular flexibility index (Phi) is 6.94. The summed E-state index contributed by atoms with van der Waals surface area (Å²) in [5, 5.41) is 5.16. The molecule has 2 rings (SSSR count). The van der Waals surface area contributed by atoms with Crippen LogP contribution in [0.25, 0.3) is 0 Å². The SMILES string of the molecule is C[C@H](OC(=O)c1ccc(NC(N)=O)cc1)C(=O)c1ccc(NC(=O)C(C)(C)C)cc1. The van der Waals surface area contributed by atoms with Crippen molar-refractivity contribution in [1.82, 2.24) is 0 Å². The number of carbonyl (C=O) groups is 4. The lowest BCUT2D eigenvalue weighted by Gasteiger charge is -2.18. The van der Waals surface area contributed by atoms with Gasteiger partial charge >= 0.3 is 12.0 Å². The number of nitrogens with one attached hydrogen (secondary N) is 2. The predicted octanol–water partition coefficient (Wildman–Crippen LogP) is 3.59. The zero-order valence-electron chi connectivity index (χ0n) is 17.3. The average Bonchev–Trinajstić information content (AvgIpc) is 2.67. The van der Waals surface area contributed by atoms with Crippen molar-refractivity contribution in [3.63, 3.8) is 0 Å². The van der Waals surface area contributed by atoms with E-state index < -0.39 is 23.5 Å². The topological polar surface area (TPSA) is 128 Å². The third-order valence-corrected chi connectivity index (χ3v) is 4.15. The van der Waals surface area contributed by atoms with E-state index in [1.54, 1.807) is 45.0 Å². The number of nitrogens with two attached hydrogens (primary N) is 1. The quantitative estimate of drug-likeness (QED) is 0.494. The molecule has 0 aromatic heterocycles. The molecule has 0 saturated carbocycles. The Hall–Kier alpha value is -3.68. The molecule has 1 atom stereocenters. The second-order valence-corrected chi connectivity index (χ2v) is 7.76. The van der Waals surface area contributed by atoms with Crippen LogP contribution in [0.2, 0.25) is 0 Å². The molecular formula is C22H25N3O5. The van der Waals surface area contributed by atoms with E-state index in [-0.39, 0.29) is 17.3 Å². The normalized spacial score (nSPS) is 11.9. The van der Waals surface area contributed by atoms with Crippen LogP contribution in [-0.4, -0.2) is 29.8 Å². The summed E-state index contributed by atoms with van der Waals surface area (Å²) in [5.41, 5.74) is 6.07. The van der Waals surface area contributed by atoms with Gasteiger partial charge in [-0.1, -0.05) is 20.8 Å². The van der Waals surface area contributed by atoms with Crippen LogP contribution in [0.1, 0.15) is 48.4 Å². The van der Waals surface area contributed by atoms with Gasteiger partial charge in [-0.2, -0.15) is 0 Å². The second-order valence-electron chi connectivity index (χ2n) is 7.76. The maximum Gasteiger partial charge on any atom is 0.338 e. The number of rotatable bonds is 6. The predicted molar refractivity (Wildman–Crippen MR) is 113 cm³/mol. The minimum absolute atomic E-state index is 0.138. The van der Waals surface area contributed by atoms with Gasteiger partial charge in [0.25, 0.3) is 0 Å². The molecule has 0 unspecified atom stereocenters. The highest BCUT2D eigenvalue weighted by Gasteiger charge is 2.22. The largest absolute Gasteiger partial charge is 0.451 e. The smallest absolute Gasteiger partial charge is 0.338 e. The van der Waals surface area contributed by atoms with E-state index in [1.807, 2.05) is 0 Å². The van der Waals surface area contributed by atoms with Crippen molar-refractivity contribution < 1.29 is 23.9 Å². The monoisotopic (exact) mass is 411 g/mol. The molecule has 0 heterocycles. The van der Waals surface area contributed by atoms with E-state index >= 15 is 0 Å². The molecule has 30 heavy (non-hydrogen) atoms. The van der Waals surface area contributed by atoms with Crippen LogP contribution < -0.4 is 16.4 Å². The molecule has 0 spiro atoms. The molecule has 0 saturated heterocycles. The highest BCUT2D eigenvalue weighted by Crippen LogP contribution is 2.19. The number of ether oxygens (including phenoxy) is 1. The van der Waals surface area contributed by atoms with Crippen LogP contribution >= 0.6 is 0 Å². The first kappa shape index (κ1) is 22.6. The Balaban J connectivity index is 1.99. The lowest BCUT2D eigenvalue weighted by Crippen LogP contribution is -2.27. The Morgan fingerprint density at radius 1 is 0.833 bits per heavy atom. The minimum atomic E-state index is -1.00. The van der Waals surface area contributed by atoms with Gasteiger partial charge < -0.3 is 21.1 Å². The standard InChI is InChI=1S/C22H25N3O5/c1-13(30-19(27)15-7-11-17(12-8-15)25-21(23)29)18(26)14-5-9-16(10-6-14)24-20(28)22(2,3)4/h5-13H,1-4H3,(H,24,28)(H3,23,25,29)/t13-/m0/s1. The van der Waals surface area contributed by atoms with Gasteiger partial charge in [-0.05, 0) is 55.5 Å². The van der Waals surface area contributed by atoms with E-state index in [1.165, 1.54) is 31.2 Å². The van der Waals surface area contributed by atoms with Crippen LogP contribution in [-0.2, 0) is 9.53 Å². The Labute approximate surface area is 174 Å². The maximum atomic E-state index is 12.6. The van der Waals surface area contributed by atoms with Crippen LogP contribution in [0, 0.1) is 5.41 Å². The molecule has 0 aliphatic carbocycles. The Morgan fingerprint density at radius 3 is 1.77 bits per heavy atom. The molecule has 0 radical (unpaired) electrons. The zero-order valence-corrected chi connectivity index (χ0v) is 17.3. The fourth-order valence-electron chi connectivity index (χ4n) is 2.39. The molecule has 8 nitrogen and oxygen atoms in total. The van der Waals surface area contributed by atoms with Crippen LogP contribution in [0.15, 0.2) is 48.5 Å². The van der Waals surface area contributed by atoms with Crippen LogP contribution in [0.5, 0.6) is 0 Å². The number of esters is 1. The van der Waals surface area contributed by atoms with E-state index in [0.717, 1.165) is 0 Å². The summed E-state index contributed by atoms with van der Waals surface area (Å²) in [7, 11) is 0. The van der Waals surface area contributed by atoms with Crippen molar-refractivity contribution >= 4 is 35.1 Å². The molecule has 0 aliphatic rings. The van der Waals surface area contributed by atoms with E-state index in [4.69, 9.17) is 10.5 Å². The summed E-state index contributed by atoms with van der Waals surface area (Å²) in [6.45, 7) is 6.90. The van der Waals surface area contributed by atoms with Gasteiger partial charge in [0.05, 0.1) is 5.56 Å². The van der Waals surface area contributed by atoms with Crippen molar-refractivity contribution in [2.24, 2.45) is 11.1 Å². The molecule has 0 aliphatic heterocycles. The highest BCUT2D eigenvalue weighted by molar-refractivity contribution is 6.02. The van der Waals surface area contributed by atoms with Crippen molar-refractivity contribution in [2.75, 3.05) is 10.6 Å². The number of Topliss-reactive ketones (excluding diaryl/α,β-unsaturated/α-hetero) is 1. The molecule has 2 aromatic rings. The fraction of sp³-hybridized carbons (Fsp3) is 0.273. The van der Waals surface area contributed by atoms with Gasteiger partial charge in [0.15, 0.2) is 6.10 Å². The first-order valence-electron chi connectivity index (χ1n) is 9.30. The summed E-state index contributed by atoms with van der Waals surface area (Å²) < 4.78 is 5.24. The van der Waals surface area contributed by atoms with Crippen molar-refractivity contribution in [3.8, 4) is 0 Å². The molecule has 0 bridgehead atoms. The van der Waals surface area contributed by atoms with Gasteiger partial charge in [-0.3, -0.25) is 9.59 Å². The number of hydrogen-bond acceptors (Lipinski definition) is 5. The van der Waals surface area contributed by atoms with Gasteiger partial charge in [-0.15, -0.1) is 0 Å². The summed E-state index contributed by atoms with van der Waals surface area (Å²) in [6.07, 6.45) is -1.00. The van der Waals surface area contributed by atoms with Gasteiger partial charge in [0, 0.05) is 22.4 Å². The summed E-state index contributed by atoms with van der Waals surface area (Å²) in [6, 6.07) is 11.6. The van der Waals surface area contributed by atoms with Crippen LogP contribution in [0.3, 0.4) is 0 Å². The number of ketones is 1. The Bertz CT molecular complexity index is 944. The number of amides is 3. The van der Waals surface area contributed by atoms with Gasteiger partial charge in [0.1, 0.15) is 0 Å². The minimum Gasteiger partial charge on any atom is -0.451 e. The van der Waals surface area contributed by atoms with Crippen molar-refractivity contribution in [1.29, 1.82) is 0 Å². The molecule has 158 valence electrons. The van der Waals surface area contributed by atoms with Crippen molar-refractivity contribution in [2.45, 2.75) is 33.8 Å². The first-order chi connectivity index (χ1) is 14.0. The molecule has 8 heteroatoms. The number of benzene rings is 2. The average molecular weight is 411 g/mol. The number of hydrogen-bond donors (Lipinski definition) is 3. The number of urea groups is 1. The lowest BCUT2D eigenvalue weighted by molar-refractivity contribution is -0.123. The molecule has 3 amide bonds. The molecular weight excluding hydrogens is 386 g/mol. The molecule has 0 fully saturated rings. The maximum absolute atomic E-state index is 12.6. The lowest BCUT2D eigenvalue weighted by atomic mass is 9.95. The fourth-order valence-corrected chi connectivity index (χ4v) is 2.39. The van der Waals surface area contributed by atoms with Crippen molar-refractivity contribution in [3.05, 3.63) is 59.7 Å². The summed E-state index contributed by atoms with van der Waals surface area (Å²) in [5.74, 6) is -1.18. The summed E-state index contributed by atoms with van der Waals surface area (Å²) in [4.78, 5) is 47.7. The van der Waals surface area contributed by atoms with E-state index in [9.17, 15) is 19.2 Å². The van der Waals surface area contributed by atoms with Crippen LogP contribution in [0.4, 0.5) is 16.2 Å². The van der Waals surface area contributed by atoms with E-state index in [0.29, 0.717) is 16.9 Å². The Morgan fingerprint density at radius 2 is 1.30 bits per heavy atom. The third kappa shape index (κ3) is 6.16. The van der Waals surface area contributed by atoms with E-state index in [2.05, 4.69) is 10.6 Å². The highest BCUT2D eigenvalue weighted by atomic mass is 16.5. The number of primary amides is 1. The number of carbonyl (C=O) groups excluding carboxylic acids is 4. The van der Waals surface area contributed by atoms with Gasteiger partial charge in [-0.25, -0.2) is 9.59 Å². The molecule has 4 N–H and O–H groups in total. The van der Waals surface area contributed by atoms with Gasteiger partial charge in [0.2, 0.25) is 11.7 Å². The first-order valence-corrected chi connectivity index (χ1v) is 9.30.